The van der Waals surface area contributed by atoms with Crippen LogP contribution in [0, 0.1) is 6.92 Å². The number of anilines is 2. The molecule has 1 aliphatic rings. The Balaban J connectivity index is 1.51. The minimum Gasteiger partial charge on any atom is -0.460 e. The number of aryl methyl sites for hydroxylation is 1. The minimum absolute atomic E-state index is 0.0617. The summed E-state index contributed by atoms with van der Waals surface area (Å²) < 4.78 is 30.5. The molecule has 0 bridgehead atoms. The van der Waals surface area contributed by atoms with E-state index < -0.39 is 19.3 Å². The number of carbonyl (C=O) groups excluding carboxylic acids is 2. The van der Waals surface area contributed by atoms with Gasteiger partial charge >= 0.3 is 5.97 Å². The van der Waals surface area contributed by atoms with Crippen molar-refractivity contribution in [1.82, 2.24) is 14.5 Å². The molecule has 1 saturated heterocycles. The van der Waals surface area contributed by atoms with Crippen LogP contribution in [-0.4, -0.2) is 59.2 Å². The largest absolute Gasteiger partial charge is 0.460 e. The second-order valence-electron chi connectivity index (χ2n) is 9.87. The highest BCUT2D eigenvalue weighted by Gasteiger charge is 2.40. The number of esters is 1. The van der Waals surface area contributed by atoms with Crippen LogP contribution >= 0.6 is 46.6 Å². The lowest BCUT2D eigenvalue weighted by Crippen LogP contribution is -2.40. The SMILES string of the molecule is Cc1nn(CCOC(=O)c2ccc(Cl)cc2)c(NC(=O)c2ccc(Cl)cc2)c1P(=O)(Nc1ccc(Br)cc1)N1CCOCC1. The first-order valence-electron chi connectivity index (χ1n) is 13.7. The second kappa shape index (κ2) is 14.3. The van der Waals surface area contributed by atoms with E-state index in [9.17, 15) is 9.59 Å². The minimum atomic E-state index is -3.65. The highest BCUT2D eigenvalue weighted by molar-refractivity contribution is 9.10. The number of hydrogen-bond donors (Lipinski definition) is 2. The van der Waals surface area contributed by atoms with Gasteiger partial charge in [-0.05, 0) is 79.7 Å². The van der Waals surface area contributed by atoms with Gasteiger partial charge in [-0.15, -0.1) is 0 Å². The fourth-order valence-corrected chi connectivity index (χ4v) is 7.92. The zero-order chi connectivity index (χ0) is 31.3. The molecule has 14 heteroatoms. The van der Waals surface area contributed by atoms with Crippen LogP contribution in [0.2, 0.25) is 10.0 Å². The lowest BCUT2D eigenvalue weighted by molar-refractivity contribution is 0.0488. The number of halogens is 3. The van der Waals surface area contributed by atoms with Crippen molar-refractivity contribution in [3.63, 3.8) is 0 Å². The van der Waals surface area contributed by atoms with Crippen LogP contribution in [0.25, 0.3) is 0 Å². The molecule has 10 nitrogen and oxygen atoms in total. The standard InChI is InChI=1S/C30H29BrCl2N5O5P/c1-20-27(44(41,37-14-17-42-18-15-37)36-26-12-6-23(31)7-13-26)28(34-29(39)21-2-8-24(32)9-3-21)38(35-20)16-19-43-30(40)22-4-10-25(33)11-5-22/h2-13H,14-19H2,1H3,(H,34,39)(H,36,41). The maximum absolute atomic E-state index is 15.3. The molecule has 0 radical (unpaired) electrons. The summed E-state index contributed by atoms with van der Waals surface area (Å²) in [7, 11) is -3.65. The molecule has 1 amide bonds. The van der Waals surface area contributed by atoms with E-state index in [1.165, 1.54) is 4.68 Å². The maximum Gasteiger partial charge on any atom is 0.338 e. The normalized spacial score (nSPS) is 14.9. The summed E-state index contributed by atoms with van der Waals surface area (Å²) >= 11 is 15.4. The maximum atomic E-state index is 15.3. The summed E-state index contributed by atoms with van der Waals surface area (Å²) in [5.74, 6) is -0.753. The molecule has 1 aromatic heterocycles. The van der Waals surface area contributed by atoms with E-state index in [0.717, 1.165) is 4.47 Å². The summed E-state index contributed by atoms with van der Waals surface area (Å²) in [4.78, 5) is 26.1. The monoisotopic (exact) mass is 719 g/mol. The number of carbonyl (C=O) groups is 2. The van der Waals surface area contributed by atoms with Crippen molar-refractivity contribution >= 4 is 75.3 Å². The number of nitrogens with one attached hydrogen (secondary N) is 2. The van der Waals surface area contributed by atoms with Gasteiger partial charge < -0.3 is 19.9 Å². The Labute approximate surface area is 273 Å². The first kappa shape index (κ1) is 32.2. The molecule has 1 aliphatic heterocycles. The molecule has 0 aliphatic carbocycles. The number of hydrogen-bond acceptors (Lipinski definition) is 6. The number of amides is 1. The quantitative estimate of drug-likeness (QED) is 0.139. The van der Waals surface area contributed by atoms with Crippen molar-refractivity contribution in [3.8, 4) is 0 Å². The van der Waals surface area contributed by atoms with Crippen LogP contribution in [-0.2, 0) is 20.6 Å². The van der Waals surface area contributed by atoms with Gasteiger partial charge in [0, 0.05) is 38.9 Å². The van der Waals surface area contributed by atoms with Crippen molar-refractivity contribution in [2.75, 3.05) is 43.3 Å². The van der Waals surface area contributed by atoms with Gasteiger partial charge in [-0.1, -0.05) is 39.1 Å². The van der Waals surface area contributed by atoms with E-state index in [2.05, 4.69) is 31.4 Å². The Morgan fingerprint density at radius 1 is 0.955 bits per heavy atom. The van der Waals surface area contributed by atoms with E-state index in [1.54, 1.807) is 55.5 Å². The van der Waals surface area contributed by atoms with Crippen LogP contribution < -0.4 is 15.7 Å². The smallest absolute Gasteiger partial charge is 0.338 e. The van der Waals surface area contributed by atoms with Gasteiger partial charge in [0.05, 0.1) is 31.0 Å². The predicted octanol–water partition coefficient (Wildman–Crippen LogP) is 6.63. The molecule has 5 rings (SSSR count). The molecule has 1 fully saturated rings. The average Bonchev–Trinajstić information content (AvgIpc) is 3.33. The number of rotatable bonds is 10. The van der Waals surface area contributed by atoms with E-state index in [-0.39, 0.29) is 19.0 Å². The summed E-state index contributed by atoms with van der Waals surface area (Å²) in [6.45, 7) is 3.34. The van der Waals surface area contributed by atoms with Crippen molar-refractivity contribution in [2.45, 2.75) is 13.5 Å². The molecule has 2 N–H and O–H groups in total. The topological polar surface area (TPSA) is 115 Å². The van der Waals surface area contributed by atoms with Crippen LogP contribution in [0.3, 0.4) is 0 Å². The second-order valence-corrected chi connectivity index (χ2v) is 14.0. The highest BCUT2D eigenvalue weighted by Crippen LogP contribution is 2.51. The van der Waals surface area contributed by atoms with E-state index in [0.29, 0.717) is 64.2 Å². The summed E-state index contributed by atoms with van der Waals surface area (Å²) in [6, 6.07) is 20.1. The van der Waals surface area contributed by atoms with E-state index >= 15 is 4.57 Å². The Morgan fingerprint density at radius 2 is 1.55 bits per heavy atom. The average molecular weight is 721 g/mol. The van der Waals surface area contributed by atoms with Crippen LogP contribution in [0.15, 0.2) is 77.3 Å². The first-order valence-corrected chi connectivity index (χ1v) is 16.9. The molecule has 230 valence electrons. The van der Waals surface area contributed by atoms with Crippen LogP contribution in [0.4, 0.5) is 11.5 Å². The summed E-state index contributed by atoms with van der Waals surface area (Å²) in [6.07, 6.45) is 0. The Bertz CT molecular complexity index is 1680. The highest BCUT2D eigenvalue weighted by atomic mass is 79.9. The molecular weight excluding hydrogens is 692 g/mol. The van der Waals surface area contributed by atoms with Crippen LogP contribution in [0.1, 0.15) is 26.4 Å². The van der Waals surface area contributed by atoms with Gasteiger partial charge in [0.1, 0.15) is 17.7 Å². The third-order valence-electron chi connectivity index (χ3n) is 6.86. The molecule has 2 heterocycles. The number of aromatic nitrogens is 2. The summed E-state index contributed by atoms with van der Waals surface area (Å²) in [5.41, 5.74) is 1.77. The molecule has 3 aromatic carbocycles. The molecule has 1 unspecified atom stereocenters. The van der Waals surface area contributed by atoms with Gasteiger partial charge in [0.2, 0.25) is 0 Å². The first-order chi connectivity index (χ1) is 21.1. The molecule has 4 aromatic rings. The number of benzene rings is 3. The van der Waals surface area contributed by atoms with Crippen molar-refractivity contribution in [3.05, 3.63) is 104 Å². The van der Waals surface area contributed by atoms with E-state index in [1.807, 2.05) is 28.9 Å². The van der Waals surface area contributed by atoms with Crippen molar-refractivity contribution < 1.29 is 23.6 Å². The third kappa shape index (κ3) is 7.54. The predicted molar refractivity (Wildman–Crippen MR) is 176 cm³/mol. The molecule has 0 saturated carbocycles. The van der Waals surface area contributed by atoms with Gasteiger partial charge in [0.25, 0.3) is 13.4 Å². The van der Waals surface area contributed by atoms with Gasteiger partial charge in [-0.2, -0.15) is 5.10 Å². The van der Waals surface area contributed by atoms with Crippen LogP contribution in [0.5, 0.6) is 0 Å². The van der Waals surface area contributed by atoms with Crippen molar-refractivity contribution in [1.29, 1.82) is 0 Å². The molecular formula is C30H29BrCl2N5O5P. The van der Waals surface area contributed by atoms with E-state index in [4.69, 9.17) is 32.7 Å². The molecule has 44 heavy (non-hydrogen) atoms. The van der Waals surface area contributed by atoms with Gasteiger partial charge in [-0.3, -0.25) is 9.36 Å². The zero-order valence-electron chi connectivity index (χ0n) is 23.6. The zero-order valence-corrected chi connectivity index (χ0v) is 27.6. The summed E-state index contributed by atoms with van der Waals surface area (Å²) in [5, 5.41) is 12.2. The van der Waals surface area contributed by atoms with Gasteiger partial charge in [0.15, 0.2) is 0 Å². The number of nitrogens with zero attached hydrogens (tertiary/aromatic N) is 3. The third-order valence-corrected chi connectivity index (χ3v) is 10.8. The fourth-order valence-electron chi connectivity index (χ4n) is 4.70. The fraction of sp³-hybridized carbons (Fsp3) is 0.233. The number of morpholine rings is 1. The number of ether oxygens (including phenoxy) is 2. The van der Waals surface area contributed by atoms with Gasteiger partial charge in [-0.25, -0.2) is 14.1 Å². The van der Waals surface area contributed by atoms with Crippen molar-refractivity contribution in [2.24, 2.45) is 0 Å². The molecule has 1 atom stereocenters. The Morgan fingerprint density at radius 3 is 2.16 bits per heavy atom. The Kier molecular flexibility index (Phi) is 10.5. The Hall–Kier alpha value is -3.18. The lowest BCUT2D eigenvalue weighted by atomic mass is 10.2. The lowest BCUT2D eigenvalue weighted by Gasteiger charge is -2.35. The molecule has 0 spiro atoms.